The third-order valence-electron chi connectivity index (χ3n) is 4.96. The predicted octanol–water partition coefficient (Wildman–Crippen LogP) is 3.06. The van der Waals surface area contributed by atoms with Crippen LogP contribution in [0.15, 0.2) is 21.3 Å². The van der Waals surface area contributed by atoms with Crippen LogP contribution in [0.25, 0.3) is 0 Å². The van der Waals surface area contributed by atoms with Gasteiger partial charge in [0.25, 0.3) is 5.56 Å². The van der Waals surface area contributed by atoms with Gasteiger partial charge in [-0.05, 0) is 19.9 Å². The van der Waals surface area contributed by atoms with Crippen molar-refractivity contribution in [2.45, 2.75) is 59.5 Å². The molecule has 0 unspecified atom stereocenters. The summed E-state index contributed by atoms with van der Waals surface area (Å²) in [7, 11) is 0. The van der Waals surface area contributed by atoms with Crippen LogP contribution in [0.2, 0.25) is 0 Å². The lowest BCUT2D eigenvalue weighted by molar-refractivity contribution is 0.222. The maximum absolute atomic E-state index is 12.5. The molecule has 0 atom stereocenters. The molecule has 26 heavy (non-hydrogen) atoms. The maximum atomic E-state index is 12.5. The first-order valence-electron chi connectivity index (χ1n) is 9.50. The Balaban J connectivity index is 1.74. The lowest BCUT2D eigenvalue weighted by atomic mass is 9.95. The molecule has 6 nitrogen and oxygen atoms in total. The lowest BCUT2D eigenvalue weighted by Gasteiger charge is -2.28. The van der Waals surface area contributed by atoms with Gasteiger partial charge < -0.3 is 14.3 Å². The highest BCUT2D eigenvalue weighted by Crippen LogP contribution is 2.23. The van der Waals surface area contributed by atoms with Gasteiger partial charge in [0.2, 0.25) is 0 Å². The Morgan fingerprint density at radius 3 is 2.65 bits per heavy atom. The Hall–Kier alpha value is -2.08. The fourth-order valence-corrected chi connectivity index (χ4v) is 3.35. The van der Waals surface area contributed by atoms with Crippen LogP contribution in [-0.4, -0.2) is 34.5 Å². The third kappa shape index (κ3) is 3.85. The van der Waals surface area contributed by atoms with E-state index in [0.717, 1.165) is 54.8 Å². The number of nitrogens with one attached hydrogen (secondary N) is 1. The van der Waals surface area contributed by atoms with E-state index in [1.165, 1.54) is 0 Å². The average molecular weight is 358 g/mol. The SMILES string of the molecule is CCN(CC)c1ccc(CN2CCc3nc(C(C)(C)C)[nH]c(=O)c3C2)o1. The van der Waals surface area contributed by atoms with Gasteiger partial charge in [-0.1, -0.05) is 20.8 Å². The van der Waals surface area contributed by atoms with Crippen molar-refractivity contribution in [1.82, 2.24) is 14.9 Å². The van der Waals surface area contributed by atoms with Crippen LogP contribution < -0.4 is 10.5 Å². The molecule has 0 fully saturated rings. The number of furan rings is 1. The molecule has 0 amide bonds. The van der Waals surface area contributed by atoms with Gasteiger partial charge in [-0.3, -0.25) is 9.69 Å². The monoisotopic (exact) mass is 358 g/mol. The van der Waals surface area contributed by atoms with Crippen molar-refractivity contribution in [3.63, 3.8) is 0 Å². The van der Waals surface area contributed by atoms with Gasteiger partial charge in [0, 0.05) is 44.1 Å². The van der Waals surface area contributed by atoms with Crippen LogP contribution >= 0.6 is 0 Å². The van der Waals surface area contributed by atoms with Gasteiger partial charge in [-0.25, -0.2) is 4.98 Å². The fraction of sp³-hybridized carbons (Fsp3) is 0.600. The van der Waals surface area contributed by atoms with Crippen molar-refractivity contribution < 1.29 is 4.42 Å². The van der Waals surface area contributed by atoms with Crippen molar-refractivity contribution >= 4 is 5.88 Å². The van der Waals surface area contributed by atoms with Crippen molar-refractivity contribution in [3.8, 4) is 0 Å². The predicted molar refractivity (Wildman–Crippen MR) is 104 cm³/mol. The van der Waals surface area contributed by atoms with Crippen molar-refractivity contribution in [2.24, 2.45) is 0 Å². The van der Waals surface area contributed by atoms with E-state index in [-0.39, 0.29) is 11.0 Å². The molecule has 1 aliphatic heterocycles. The molecule has 2 aromatic heterocycles. The lowest BCUT2D eigenvalue weighted by Crippen LogP contribution is -2.37. The molecule has 0 aliphatic carbocycles. The van der Waals surface area contributed by atoms with Gasteiger partial charge in [0.15, 0.2) is 5.88 Å². The van der Waals surface area contributed by atoms with E-state index in [0.29, 0.717) is 13.1 Å². The molecule has 6 heteroatoms. The number of fused-ring (bicyclic) bond motifs is 1. The van der Waals surface area contributed by atoms with Crippen LogP contribution in [-0.2, 0) is 24.9 Å². The Bertz CT molecular complexity index is 812. The van der Waals surface area contributed by atoms with Gasteiger partial charge in [0.1, 0.15) is 11.6 Å². The van der Waals surface area contributed by atoms with E-state index in [2.05, 4.69) is 49.4 Å². The molecule has 3 heterocycles. The topological polar surface area (TPSA) is 65.4 Å². The van der Waals surface area contributed by atoms with Gasteiger partial charge in [-0.15, -0.1) is 0 Å². The molecule has 2 aromatic rings. The zero-order valence-corrected chi connectivity index (χ0v) is 16.6. The van der Waals surface area contributed by atoms with Crippen molar-refractivity contribution in [2.75, 3.05) is 24.5 Å². The van der Waals surface area contributed by atoms with Crippen LogP contribution in [0, 0.1) is 0 Å². The van der Waals surface area contributed by atoms with Crippen LogP contribution in [0.3, 0.4) is 0 Å². The standard InChI is InChI=1S/C20H30N4O2/c1-6-24(7-2)17-9-8-14(26-17)12-23-11-10-16-15(13-23)18(25)22-19(21-16)20(3,4)5/h8-9H,6-7,10-13H2,1-5H3,(H,21,22,25). The first-order valence-corrected chi connectivity index (χ1v) is 9.50. The number of H-pyrrole nitrogens is 1. The van der Waals surface area contributed by atoms with E-state index < -0.39 is 0 Å². The summed E-state index contributed by atoms with van der Waals surface area (Å²) < 4.78 is 6.00. The molecule has 0 saturated carbocycles. The molecule has 142 valence electrons. The Morgan fingerprint density at radius 1 is 1.27 bits per heavy atom. The highest BCUT2D eigenvalue weighted by Gasteiger charge is 2.25. The van der Waals surface area contributed by atoms with Crippen LogP contribution in [0.1, 0.15) is 57.5 Å². The van der Waals surface area contributed by atoms with Crippen molar-refractivity contribution in [3.05, 3.63) is 45.3 Å². The fourth-order valence-electron chi connectivity index (χ4n) is 3.35. The number of hydrogen-bond donors (Lipinski definition) is 1. The average Bonchev–Trinajstić information content (AvgIpc) is 3.04. The van der Waals surface area contributed by atoms with Gasteiger partial charge in [0.05, 0.1) is 17.8 Å². The summed E-state index contributed by atoms with van der Waals surface area (Å²) in [4.78, 5) is 24.7. The highest BCUT2D eigenvalue weighted by atomic mass is 16.4. The Kier molecular flexibility index (Phi) is 5.23. The van der Waals surface area contributed by atoms with E-state index in [1.54, 1.807) is 0 Å². The minimum Gasteiger partial charge on any atom is -0.444 e. The second kappa shape index (κ2) is 7.27. The number of aromatic amines is 1. The van der Waals surface area contributed by atoms with E-state index in [9.17, 15) is 4.79 Å². The van der Waals surface area contributed by atoms with Gasteiger partial charge >= 0.3 is 0 Å². The molecule has 3 rings (SSSR count). The number of nitrogens with zero attached hydrogens (tertiary/aromatic N) is 3. The number of hydrogen-bond acceptors (Lipinski definition) is 5. The smallest absolute Gasteiger partial charge is 0.255 e. The largest absolute Gasteiger partial charge is 0.444 e. The molecule has 0 saturated heterocycles. The summed E-state index contributed by atoms with van der Waals surface area (Å²) in [6, 6.07) is 4.07. The second-order valence-electron chi connectivity index (χ2n) is 7.96. The molecule has 1 N–H and O–H groups in total. The molecule has 1 aliphatic rings. The molecule has 0 bridgehead atoms. The highest BCUT2D eigenvalue weighted by molar-refractivity contribution is 5.36. The molecule has 0 spiro atoms. The number of rotatable bonds is 5. The van der Waals surface area contributed by atoms with E-state index >= 15 is 0 Å². The summed E-state index contributed by atoms with van der Waals surface area (Å²) >= 11 is 0. The molecule has 0 aromatic carbocycles. The summed E-state index contributed by atoms with van der Waals surface area (Å²) in [5, 5.41) is 0. The van der Waals surface area contributed by atoms with E-state index in [1.807, 2.05) is 12.1 Å². The van der Waals surface area contributed by atoms with Crippen LogP contribution in [0.5, 0.6) is 0 Å². The summed E-state index contributed by atoms with van der Waals surface area (Å²) in [6.07, 6.45) is 0.798. The Labute approximate surface area is 155 Å². The zero-order chi connectivity index (χ0) is 18.9. The first kappa shape index (κ1) is 18.7. The maximum Gasteiger partial charge on any atom is 0.255 e. The second-order valence-corrected chi connectivity index (χ2v) is 7.96. The van der Waals surface area contributed by atoms with Crippen molar-refractivity contribution in [1.29, 1.82) is 0 Å². The molecular weight excluding hydrogens is 328 g/mol. The normalized spacial score (nSPS) is 15.1. The number of anilines is 1. The minimum atomic E-state index is -0.152. The quantitative estimate of drug-likeness (QED) is 0.890. The first-order chi connectivity index (χ1) is 12.3. The number of aromatic nitrogens is 2. The Morgan fingerprint density at radius 2 is 2.00 bits per heavy atom. The van der Waals surface area contributed by atoms with E-state index in [4.69, 9.17) is 9.40 Å². The summed E-state index contributed by atoms with van der Waals surface area (Å²) in [5.41, 5.74) is 1.58. The molecule has 0 radical (unpaired) electrons. The molecular formula is C20H30N4O2. The third-order valence-corrected chi connectivity index (χ3v) is 4.96. The minimum absolute atomic E-state index is 0.00657. The zero-order valence-electron chi connectivity index (χ0n) is 16.6. The summed E-state index contributed by atoms with van der Waals surface area (Å²) in [6.45, 7) is 14.5. The summed E-state index contributed by atoms with van der Waals surface area (Å²) in [5.74, 6) is 2.62. The van der Waals surface area contributed by atoms with Gasteiger partial charge in [-0.2, -0.15) is 0 Å². The van der Waals surface area contributed by atoms with Crippen LogP contribution in [0.4, 0.5) is 5.88 Å².